The molecule has 2 heterocycles. The maximum Gasteiger partial charge on any atom is 0.252 e. The first-order chi connectivity index (χ1) is 16.9. The van der Waals surface area contributed by atoms with Gasteiger partial charge in [0.1, 0.15) is 0 Å². The van der Waals surface area contributed by atoms with Crippen LogP contribution in [0.5, 0.6) is 0 Å². The number of benzene rings is 2. The van der Waals surface area contributed by atoms with E-state index in [1.807, 2.05) is 35.9 Å². The summed E-state index contributed by atoms with van der Waals surface area (Å²) in [5, 5.41) is 23.5. The lowest BCUT2D eigenvalue weighted by molar-refractivity contribution is 0.105. The predicted octanol–water partition coefficient (Wildman–Crippen LogP) is 3.57. The van der Waals surface area contributed by atoms with Gasteiger partial charge in [0, 0.05) is 25.2 Å². The molecule has 4 rings (SSSR count). The minimum Gasteiger partial charge on any atom is -0.395 e. The zero-order valence-corrected chi connectivity index (χ0v) is 20.9. The predicted molar refractivity (Wildman–Crippen MR) is 137 cm³/mol. The molecule has 0 aliphatic rings. The number of aryl methyl sites for hydroxylation is 4. The van der Waals surface area contributed by atoms with Crippen molar-refractivity contribution >= 4 is 10.9 Å². The molecule has 8 heteroatoms. The Hall–Kier alpha value is -3.36. The Morgan fingerprint density at radius 2 is 1.89 bits per heavy atom. The number of tetrazole rings is 1. The van der Waals surface area contributed by atoms with Gasteiger partial charge in [-0.25, -0.2) is 4.68 Å². The van der Waals surface area contributed by atoms with E-state index in [2.05, 4.69) is 70.4 Å². The highest BCUT2D eigenvalue weighted by atomic mass is 16.3. The third kappa shape index (κ3) is 5.66. The number of nitrogens with zero attached hydrogens (tertiary/aromatic N) is 5. The fraction of sp³-hybridized carbons (Fsp3) is 0.407. The summed E-state index contributed by atoms with van der Waals surface area (Å²) >= 11 is 0. The van der Waals surface area contributed by atoms with Gasteiger partial charge in [-0.1, -0.05) is 55.8 Å². The molecule has 35 heavy (non-hydrogen) atoms. The van der Waals surface area contributed by atoms with Gasteiger partial charge in [-0.15, -0.1) is 5.10 Å². The molecular weight excluding hydrogens is 440 g/mol. The molecular formula is C27H34N6O2. The van der Waals surface area contributed by atoms with Crippen molar-refractivity contribution in [3.63, 3.8) is 0 Å². The number of H-pyrrole nitrogens is 1. The van der Waals surface area contributed by atoms with Gasteiger partial charge in [-0.3, -0.25) is 9.69 Å². The molecule has 0 unspecified atom stereocenters. The van der Waals surface area contributed by atoms with Crippen LogP contribution in [0.2, 0.25) is 0 Å². The van der Waals surface area contributed by atoms with Crippen LogP contribution in [0.4, 0.5) is 0 Å². The standard InChI is InChI=1S/C27H34N6O2/c1-18(2)25(26-29-30-31-33(26)11-10-21-8-6-5-7-9-21)32(12-13-34)17-23-16-22-15-19(3)14-20(4)24(22)28-27(23)35/h5-9,14-16,18,25,34H,10-13,17H2,1-4H3,(H,28,35)/t25-/m1/s1. The van der Waals surface area contributed by atoms with Crippen molar-refractivity contribution in [2.75, 3.05) is 13.2 Å². The monoisotopic (exact) mass is 474 g/mol. The zero-order chi connectivity index (χ0) is 24.9. The van der Waals surface area contributed by atoms with Crippen molar-refractivity contribution in [1.29, 1.82) is 0 Å². The number of pyridine rings is 1. The van der Waals surface area contributed by atoms with Crippen molar-refractivity contribution in [3.05, 3.63) is 87.0 Å². The largest absolute Gasteiger partial charge is 0.395 e. The van der Waals surface area contributed by atoms with Crippen LogP contribution >= 0.6 is 0 Å². The summed E-state index contributed by atoms with van der Waals surface area (Å²) in [7, 11) is 0. The van der Waals surface area contributed by atoms with E-state index in [-0.39, 0.29) is 24.1 Å². The minimum absolute atomic E-state index is 0.0293. The van der Waals surface area contributed by atoms with E-state index in [1.165, 1.54) is 5.56 Å². The van der Waals surface area contributed by atoms with Crippen molar-refractivity contribution in [3.8, 4) is 0 Å². The van der Waals surface area contributed by atoms with Gasteiger partial charge in [0.15, 0.2) is 5.82 Å². The van der Waals surface area contributed by atoms with E-state index in [4.69, 9.17) is 0 Å². The molecule has 2 aromatic heterocycles. The van der Waals surface area contributed by atoms with E-state index >= 15 is 0 Å². The number of aliphatic hydroxyl groups is 1. The Kier molecular flexibility index (Phi) is 7.73. The van der Waals surface area contributed by atoms with Gasteiger partial charge in [-0.2, -0.15) is 0 Å². The summed E-state index contributed by atoms with van der Waals surface area (Å²) in [5.74, 6) is 0.903. The summed E-state index contributed by atoms with van der Waals surface area (Å²) in [5.41, 5.74) is 4.83. The smallest absolute Gasteiger partial charge is 0.252 e. The molecule has 0 radical (unpaired) electrons. The third-order valence-electron chi connectivity index (χ3n) is 6.44. The fourth-order valence-electron chi connectivity index (χ4n) is 4.86. The first kappa shape index (κ1) is 24.8. The molecule has 4 aromatic rings. The van der Waals surface area contributed by atoms with Crippen molar-refractivity contribution in [2.45, 2.75) is 53.2 Å². The van der Waals surface area contributed by atoms with Gasteiger partial charge in [-0.05, 0) is 65.3 Å². The molecule has 8 nitrogen and oxygen atoms in total. The number of aromatic amines is 1. The number of aliphatic hydroxyl groups excluding tert-OH is 1. The van der Waals surface area contributed by atoms with Crippen LogP contribution in [0.15, 0.2) is 53.3 Å². The molecule has 0 saturated heterocycles. The van der Waals surface area contributed by atoms with Crippen LogP contribution in [0, 0.1) is 19.8 Å². The summed E-state index contributed by atoms with van der Waals surface area (Å²) in [6.07, 6.45) is 0.812. The van der Waals surface area contributed by atoms with Crippen LogP contribution in [0.1, 0.15) is 48.0 Å². The van der Waals surface area contributed by atoms with E-state index in [0.29, 0.717) is 25.2 Å². The lowest BCUT2D eigenvalue weighted by atomic mass is 10.00. The van der Waals surface area contributed by atoms with Crippen LogP contribution in [-0.4, -0.2) is 48.3 Å². The Bertz CT molecular complexity index is 1330. The average Bonchev–Trinajstić information content (AvgIpc) is 3.27. The second-order valence-corrected chi connectivity index (χ2v) is 9.55. The molecule has 2 N–H and O–H groups in total. The normalized spacial score (nSPS) is 12.7. The number of nitrogens with one attached hydrogen (secondary N) is 1. The third-order valence-corrected chi connectivity index (χ3v) is 6.44. The highest BCUT2D eigenvalue weighted by molar-refractivity contribution is 5.82. The zero-order valence-electron chi connectivity index (χ0n) is 20.9. The minimum atomic E-state index is -0.165. The Balaban J connectivity index is 1.65. The second-order valence-electron chi connectivity index (χ2n) is 9.55. The molecule has 2 aromatic carbocycles. The first-order valence-electron chi connectivity index (χ1n) is 12.2. The van der Waals surface area contributed by atoms with Crippen molar-refractivity contribution in [2.24, 2.45) is 5.92 Å². The van der Waals surface area contributed by atoms with Gasteiger partial charge in [0.05, 0.1) is 18.2 Å². The van der Waals surface area contributed by atoms with Crippen LogP contribution < -0.4 is 5.56 Å². The summed E-state index contributed by atoms with van der Waals surface area (Å²) in [4.78, 5) is 18.2. The van der Waals surface area contributed by atoms with Crippen LogP contribution in [0.3, 0.4) is 0 Å². The summed E-state index contributed by atoms with van der Waals surface area (Å²) in [6, 6.07) is 16.2. The summed E-state index contributed by atoms with van der Waals surface area (Å²) in [6.45, 7) is 9.69. The average molecular weight is 475 g/mol. The molecule has 0 amide bonds. The molecule has 0 bridgehead atoms. The Morgan fingerprint density at radius 1 is 1.11 bits per heavy atom. The molecule has 0 aliphatic heterocycles. The number of aromatic nitrogens is 5. The lowest BCUT2D eigenvalue weighted by Gasteiger charge is -2.33. The maximum absolute atomic E-state index is 13.0. The Labute approximate surface area is 205 Å². The number of hydrogen-bond acceptors (Lipinski definition) is 6. The highest BCUT2D eigenvalue weighted by Crippen LogP contribution is 2.28. The van der Waals surface area contributed by atoms with Gasteiger partial charge in [0.25, 0.3) is 5.56 Å². The van der Waals surface area contributed by atoms with E-state index < -0.39 is 0 Å². The van der Waals surface area contributed by atoms with Crippen LogP contribution in [0.25, 0.3) is 10.9 Å². The van der Waals surface area contributed by atoms with Crippen molar-refractivity contribution < 1.29 is 5.11 Å². The van der Waals surface area contributed by atoms with Gasteiger partial charge in [0.2, 0.25) is 0 Å². The topological polar surface area (TPSA) is 99.9 Å². The quantitative estimate of drug-likeness (QED) is 0.365. The van der Waals surface area contributed by atoms with Gasteiger partial charge >= 0.3 is 0 Å². The SMILES string of the molecule is Cc1cc(C)c2[nH]c(=O)c(CN(CCO)[C@@H](c3nnnn3CCc3ccccc3)C(C)C)cc2c1. The Morgan fingerprint density at radius 3 is 2.60 bits per heavy atom. The summed E-state index contributed by atoms with van der Waals surface area (Å²) < 4.78 is 1.85. The van der Waals surface area contributed by atoms with Crippen LogP contribution in [-0.2, 0) is 19.5 Å². The molecule has 0 spiro atoms. The fourth-order valence-corrected chi connectivity index (χ4v) is 4.86. The number of fused-ring (bicyclic) bond motifs is 1. The van der Waals surface area contributed by atoms with E-state index in [9.17, 15) is 9.90 Å². The highest BCUT2D eigenvalue weighted by Gasteiger charge is 2.29. The number of hydrogen-bond donors (Lipinski definition) is 2. The van der Waals surface area contributed by atoms with Gasteiger partial charge < -0.3 is 10.1 Å². The molecule has 0 fully saturated rings. The van der Waals surface area contributed by atoms with E-state index in [0.717, 1.165) is 34.3 Å². The first-order valence-corrected chi connectivity index (χ1v) is 12.2. The lowest BCUT2D eigenvalue weighted by Crippen LogP contribution is -2.37. The maximum atomic E-state index is 13.0. The van der Waals surface area contributed by atoms with Crippen molar-refractivity contribution in [1.82, 2.24) is 30.1 Å². The van der Waals surface area contributed by atoms with E-state index in [1.54, 1.807) is 0 Å². The second kappa shape index (κ2) is 10.9. The molecule has 184 valence electrons. The molecule has 0 aliphatic carbocycles. The molecule has 1 atom stereocenters. The molecule has 0 saturated carbocycles. The number of rotatable bonds is 10.